The molecule has 0 aliphatic rings. The molecule has 0 saturated carbocycles. The van der Waals surface area contributed by atoms with Crippen LogP contribution in [0.3, 0.4) is 0 Å². The summed E-state index contributed by atoms with van der Waals surface area (Å²) in [6.07, 6.45) is 2.20. The Bertz CT molecular complexity index is 501. The molecule has 0 bridgehead atoms. The third-order valence-corrected chi connectivity index (χ3v) is 3.04. The number of aromatic amines is 1. The topological polar surface area (TPSA) is 74.7 Å². The molecule has 0 saturated heterocycles. The molecule has 2 rings (SSSR count). The molecular weight excluding hydrogens is 252 g/mol. The zero-order valence-corrected chi connectivity index (χ0v) is 10.9. The van der Waals surface area contributed by atoms with Gasteiger partial charge in [0, 0.05) is 10.6 Å². The van der Waals surface area contributed by atoms with E-state index in [0.29, 0.717) is 17.3 Å². The summed E-state index contributed by atoms with van der Waals surface area (Å²) in [5.41, 5.74) is 1.54. The fraction of sp³-hybridized carbons (Fsp3) is 0.417. The van der Waals surface area contributed by atoms with E-state index in [1.165, 1.54) is 0 Å². The van der Waals surface area contributed by atoms with Crippen LogP contribution >= 0.6 is 11.6 Å². The molecule has 0 fully saturated rings. The number of aliphatic hydroxyl groups is 1. The predicted octanol–water partition coefficient (Wildman–Crippen LogP) is 2.74. The second-order valence-corrected chi connectivity index (χ2v) is 4.58. The second-order valence-electron chi connectivity index (χ2n) is 4.14. The molecule has 2 aromatic rings. The van der Waals surface area contributed by atoms with Crippen LogP contribution in [0.15, 0.2) is 18.2 Å². The first-order chi connectivity index (χ1) is 8.72. The minimum absolute atomic E-state index is 0.517. The lowest BCUT2D eigenvalue weighted by molar-refractivity contribution is 0.165. The first-order valence-corrected chi connectivity index (χ1v) is 6.31. The van der Waals surface area contributed by atoms with Crippen LogP contribution in [0.25, 0.3) is 11.4 Å². The normalized spacial score (nSPS) is 12.6. The van der Waals surface area contributed by atoms with Crippen LogP contribution in [0, 0.1) is 0 Å². The van der Waals surface area contributed by atoms with Crippen molar-refractivity contribution in [2.45, 2.75) is 32.3 Å². The zero-order valence-electron chi connectivity index (χ0n) is 10.1. The number of H-pyrrole nitrogens is 1. The van der Waals surface area contributed by atoms with Crippen molar-refractivity contribution in [3.05, 3.63) is 28.8 Å². The number of aliphatic hydroxyl groups excluding tert-OH is 1. The highest BCUT2D eigenvalue weighted by atomic mass is 35.5. The Hall–Kier alpha value is -1.46. The summed E-state index contributed by atoms with van der Waals surface area (Å²) in [4.78, 5) is 0. The van der Waals surface area contributed by atoms with E-state index in [-0.39, 0.29) is 0 Å². The average Bonchev–Trinajstić information content (AvgIpc) is 2.89. The van der Waals surface area contributed by atoms with Crippen molar-refractivity contribution < 1.29 is 5.11 Å². The van der Waals surface area contributed by atoms with Gasteiger partial charge in [0.2, 0.25) is 0 Å². The molecule has 96 valence electrons. The molecule has 0 aliphatic heterocycles. The van der Waals surface area contributed by atoms with Gasteiger partial charge in [-0.3, -0.25) is 0 Å². The SMILES string of the molecule is CCCC[C@@H](O)c1ccc(Cl)cc1-c1nnn[nH]1. The standard InChI is InChI=1S/C12H15ClN4O/c1-2-3-4-11(18)9-6-5-8(13)7-10(9)12-14-16-17-15-12/h5-7,11,18H,2-4H2,1H3,(H,14,15,16,17)/t11-/m1/s1. The van der Waals surface area contributed by atoms with Gasteiger partial charge in [0.15, 0.2) is 5.82 Å². The summed E-state index contributed by atoms with van der Waals surface area (Å²) in [6.45, 7) is 2.09. The van der Waals surface area contributed by atoms with Gasteiger partial charge in [-0.05, 0) is 34.5 Å². The highest BCUT2D eigenvalue weighted by Gasteiger charge is 2.15. The van der Waals surface area contributed by atoms with Gasteiger partial charge in [0.05, 0.1) is 6.10 Å². The fourth-order valence-corrected chi connectivity index (χ4v) is 2.02. The van der Waals surface area contributed by atoms with Crippen molar-refractivity contribution in [3.63, 3.8) is 0 Å². The Morgan fingerprint density at radius 3 is 2.94 bits per heavy atom. The number of aromatic nitrogens is 4. The van der Waals surface area contributed by atoms with Crippen LogP contribution in [0.5, 0.6) is 0 Å². The zero-order chi connectivity index (χ0) is 13.0. The quantitative estimate of drug-likeness (QED) is 0.873. The first-order valence-electron chi connectivity index (χ1n) is 5.94. The van der Waals surface area contributed by atoms with Crippen LogP contribution in [-0.2, 0) is 0 Å². The van der Waals surface area contributed by atoms with E-state index >= 15 is 0 Å². The lowest BCUT2D eigenvalue weighted by Gasteiger charge is -2.14. The number of halogens is 1. The molecular formula is C12H15ClN4O. The monoisotopic (exact) mass is 266 g/mol. The van der Waals surface area contributed by atoms with Crippen molar-refractivity contribution in [2.75, 3.05) is 0 Å². The van der Waals surface area contributed by atoms with Crippen LogP contribution < -0.4 is 0 Å². The summed E-state index contributed by atoms with van der Waals surface area (Å²) in [5.74, 6) is 0.517. The van der Waals surface area contributed by atoms with Crippen LogP contribution in [0.4, 0.5) is 0 Å². The summed E-state index contributed by atoms with van der Waals surface area (Å²) < 4.78 is 0. The Kier molecular flexibility index (Phi) is 4.28. The third kappa shape index (κ3) is 2.86. The van der Waals surface area contributed by atoms with Gasteiger partial charge in [-0.1, -0.05) is 37.4 Å². The molecule has 0 aliphatic carbocycles. The van der Waals surface area contributed by atoms with Crippen molar-refractivity contribution in [2.24, 2.45) is 0 Å². The molecule has 0 spiro atoms. The van der Waals surface area contributed by atoms with Gasteiger partial charge in [-0.25, -0.2) is 5.10 Å². The van der Waals surface area contributed by atoms with Gasteiger partial charge in [0.1, 0.15) is 0 Å². The minimum Gasteiger partial charge on any atom is -0.388 e. The number of nitrogens with one attached hydrogen (secondary N) is 1. The summed E-state index contributed by atoms with van der Waals surface area (Å²) in [6, 6.07) is 5.34. The lowest BCUT2D eigenvalue weighted by atomic mass is 9.98. The van der Waals surface area contributed by atoms with E-state index in [9.17, 15) is 5.11 Å². The smallest absolute Gasteiger partial charge is 0.179 e. The van der Waals surface area contributed by atoms with Gasteiger partial charge in [-0.15, -0.1) is 5.10 Å². The summed E-state index contributed by atoms with van der Waals surface area (Å²) >= 11 is 5.98. The van der Waals surface area contributed by atoms with Crippen molar-refractivity contribution in [1.82, 2.24) is 20.6 Å². The second kappa shape index (κ2) is 5.93. The molecule has 18 heavy (non-hydrogen) atoms. The van der Waals surface area contributed by atoms with E-state index in [2.05, 4.69) is 27.5 Å². The van der Waals surface area contributed by atoms with Crippen LogP contribution in [0.1, 0.15) is 37.9 Å². The van der Waals surface area contributed by atoms with Gasteiger partial charge >= 0.3 is 0 Å². The molecule has 1 atom stereocenters. The number of unbranched alkanes of at least 4 members (excludes halogenated alkanes) is 1. The molecule has 0 unspecified atom stereocenters. The van der Waals surface area contributed by atoms with E-state index < -0.39 is 6.10 Å². The highest BCUT2D eigenvalue weighted by Crippen LogP contribution is 2.30. The summed E-state index contributed by atoms with van der Waals surface area (Å²) in [5, 5.41) is 24.4. The van der Waals surface area contributed by atoms with Gasteiger partial charge < -0.3 is 5.11 Å². The highest BCUT2D eigenvalue weighted by molar-refractivity contribution is 6.30. The van der Waals surface area contributed by atoms with E-state index in [4.69, 9.17) is 11.6 Å². The largest absolute Gasteiger partial charge is 0.388 e. The number of hydrogen-bond donors (Lipinski definition) is 2. The minimum atomic E-state index is -0.526. The Morgan fingerprint density at radius 2 is 2.28 bits per heavy atom. The number of rotatable bonds is 5. The molecule has 0 amide bonds. The number of hydrogen-bond acceptors (Lipinski definition) is 4. The molecule has 6 heteroatoms. The molecule has 1 aromatic carbocycles. The molecule has 1 aromatic heterocycles. The van der Waals surface area contributed by atoms with Crippen molar-refractivity contribution in [3.8, 4) is 11.4 Å². The first kappa shape index (κ1) is 13.0. The maximum atomic E-state index is 10.2. The maximum Gasteiger partial charge on any atom is 0.179 e. The number of tetrazole rings is 1. The maximum absolute atomic E-state index is 10.2. The van der Waals surface area contributed by atoms with E-state index in [1.54, 1.807) is 12.1 Å². The van der Waals surface area contributed by atoms with E-state index in [1.807, 2.05) is 6.07 Å². The van der Waals surface area contributed by atoms with E-state index in [0.717, 1.165) is 24.0 Å². The lowest BCUT2D eigenvalue weighted by Crippen LogP contribution is -2.01. The fourth-order valence-electron chi connectivity index (χ4n) is 1.85. The Labute approximate surface area is 110 Å². The average molecular weight is 267 g/mol. The van der Waals surface area contributed by atoms with Crippen LogP contribution in [-0.4, -0.2) is 25.7 Å². The molecule has 5 nitrogen and oxygen atoms in total. The predicted molar refractivity (Wildman–Crippen MR) is 69.1 cm³/mol. The van der Waals surface area contributed by atoms with Gasteiger partial charge in [-0.2, -0.15) is 0 Å². The van der Waals surface area contributed by atoms with Crippen molar-refractivity contribution >= 4 is 11.6 Å². The molecule has 2 N–H and O–H groups in total. The molecule has 0 radical (unpaired) electrons. The van der Waals surface area contributed by atoms with Gasteiger partial charge in [0.25, 0.3) is 0 Å². The number of nitrogens with zero attached hydrogens (tertiary/aromatic N) is 3. The Balaban J connectivity index is 2.35. The summed E-state index contributed by atoms with van der Waals surface area (Å²) in [7, 11) is 0. The Morgan fingerprint density at radius 1 is 1.44 bits per heavy atom. The number of benzene rings is 1. The third-order valence-electron chi connectivity index (χ3n) is 2.81. The molecule has 1 heterocycles. The van der Waals surface area contributed by atoms with Crippen LogP contribution in [0.2, 0.25) is 5.02 Å². The van der Waals surface area contributed by atoms with Crippen molar-refractivity contribution in [1.29, 1.82) is 0 Å².